The molecule has 1 aliphatic carbocycles. The van der Waals surface area contributed by atoms with Crippen molar-refractivity contribution in [1.29, 1.82) is 0 Å². The van der Waals surface area contributed by atoms with Crippen LogP contribution in [0.5, 0.6) is 5.75 Å². The lowest BCUT2D eigenvalue weighted by molar-refractivity contribution is -0.118. The fourth-order valence-electron chi connectivity index (χ4n) is 3.31. The number of hydrogen-bond acceptors (Lipinski definition) is 3. The van der Waals surface area contributed by atoms with Gasteiger partial charge in [-0.05, 0) is 56.5 Å². The molecule has 0 radical (unpaired) electrons. The van der Waals surface area contributed by atoms with E-state index < -0.39 is 0 Å². The SMILES string of the molecule is Cc1ccc(NC(=O)COc2ccc3oc4c(c3c2)CCCC4)cc1. The van der Waals surface area contributed by atoms with Gasteiger partial charge in [-0.2, -0.15) is 0 Å². The molecule has 0 bridgehead atoms. The predicted molar refractivity (Wildman–Crippen MR) is 98.2 cm³/mol. The lowest BCUT2D eigenvalue weighted by Crippen LogP contribution is -2.20. The molecule has 2 aromatic carbocycles. The zero-order chi connectivity index (χ0) is 17.2. The summed E-state index contributed by atoms with van der Waals surface area (Å²) < 4.78 is 11.6. The van der Waals surface area contributed by atoms with Gasteiger partial charge in [0.05, 0.1) is 0 Å². The molecule has 0 unspecified atom stereocenters. The van der Waals surface area contributed by atoms with Crippen molar-refractivity contribution in [2.24, 2.45) is 0 Å². The standard InChI is InChI=1S/C21H21NO3/c1-14-6-8-15(9-7-14)22-21(23)13-24-16-10-11-20-18(12-16)17-4-2-3-5-19(17)25-20/h6-12H,2-5,13H2,1H3,(H,22,23). The maximum atomic E-state index is 12.1. The summed E-state index contributed by atoms with van der Waals surface area (Å²) in [7, 11) is 0. The van der Waals surface area contributed by atoms with Crippen molar-refractivity contribution in [3.8, 4) is 5.75 Å². The van der Waals surface area contributed by atoms with Crippen LogP contribution in [-0.4, -0.2) is 12.5 Å². The van der Waals surface area contributed by atoms with Crippen LogP contribution >= 0.6 is 0 Å². The van der Waals surface area contributed by atoms with Crippen molar-refractivity contribution in [2.45, 2.75) is 32.6 Å². The molecule has 4 heteroatoms. The van der Waals surface area contributed by atoms with Crippen LogP contribution in [0, 0.1) is 6.92 Å². The quantitative estimate of drug-likeness (QED) is 0.756. The molecule has 25 heavy (non-hydrogen) atoms. The molecular weight excluding hydrogens is 314 g/mol. The molecule has 128 valence electrons. The van der Waals surface area contributed by atoms with E-state index in [1.165, 1.54) is 18.4 Å². The summed E-state index contributed by atoms with van der Waals surface area (Å²) >= 11 is 0. The first-order valence-corrected chi connectivity index (χ1v) is 8.73. The number of furan rings is 1. The highest BCUT2D eigenvalue weighted by Gasteiger charge is 2.18. The van der Waals surface area contributed by atoms with E-state index in [1.54, 1.807) is 0 Å². The van der Waals surface area contributed by atoms with Crippen molar-refractivity contribution >= 4 is 22.6 Å². The third kappa shape index (κ3) is 3.38. The van der Waals surface area contributed by atoms with Crippen LogP contribution in [0.15, 0.2) is 46.9 Å². The Bertz CT molecular complexity index is 909. The largest absolute Gasteiger partial charge is 0.484 e. The number of fused-ring (bicyclic) bond motifs is 3. The normalized spacial score (nSPS) is 13.5. The summed E-state index contributed by atoms with van der Waals surface area (Å²) in [6, 6.07) is 13.5. The van der Waals surface area contributed by atoms with E-state index in [4.69, 9.17) is 9.15 Å². The van der Waals surface area contributed by atoms with Gasteiger partial charge in [0.2, 0.25) is 0 Å². The van der Waals surface area contributed by atoms with Crippen molar-refractivity contribution < 1.29 is 13.9 Å². The number of amides is 1. The highest BCUT2D eigenvalue weighted by Crippen LogP contribution is 2.33. The molecule has 0 saturated heterocycles. The smallest absolute Gasteiger partial charge is 0.262 e. The molecule has 3 aromatic rings. The highest BCUT2D eigenvalue weighted by atomic mass is 16.5. The van der Waals surface area contributed by atoms with Crippen molar-refractivity contribution in [1.82, 2.24) is 0 Å². The van der Waals surface area contributed by atoms with Gasteiger partial charge in [-0.3, -0.25) is 4.79 Å². The van der Waals surface area contributed by atoms with E-state index >= 15 is 0 Å². The monoisotopic (exact) mass is 335 g/mol. The average Bonchev–Trinajstić information content (AvgIpc) is 3.00. The predicted octanol–water partition coefficient (Wildman–Crippen LogP) is 4.64. The summed E-state index contributed by atoms with van der Waals surface area (Å²) in [5.41, 5.74) is 4.14. The van der Waals surface area contributed by atoms with Crippen LogP contribution in [0.4, 0.5) is 5.69 Å². The number of benzene rings is 2. The number of aryl methyl sites for hydroxylation is 3. The first-order chi connectivity index (χ1) is 12.2. The Morgan fingerprint density at radius 2 is 1.92 bits per heavy atom. The maximum Gasteiger partial charge on any atom is 0.262 e. The lowest BCUT2D eigenvalue weighted by atomic mass is 9.96. The average molecular weight is 335 g/mol. The van der Waals surface area contributed by atoms with Gasteiger partial charge in [-0.15, -0.1) is 0 Å². The third-order valence-electron chi connectivity index (χ3n) is 4.63. The molecule has 1 N–H and O–H groups in total. The van der Waals surface area contributed by atoms with E-state index in [-0.39, 0.29) is 12.5 Å². The molecule has 1 aliphatic rings. The van der Waals surface area contributed by atoms with Crippen LogP contribution in [0.3, 0.4) is 0 Å². The van der Waals surface area contributed by atoms with Crippen molar-refractivity contribution in [3.05, 3.63) is 59.4 Å². The minimum absolute atomic E-state index is 0.0145. The zero-order valence-corrected chi connectivity index (χ0v) is 14.3. The Hall–Kier alpha value is -2.75. The van der Waals surface area contributed by atoms with Gasteiger partial charge in [0.1, 0.15) is 17.1 Å². The van der Waals surface area contributed by atoms with Gasteiger partial charge < -0.3 is 14.5 Å². The summed E-state index contributed by atoms with van der Waals surface area (Å²) in [5.74, 6) is 1.63. The summed E-state index contributed by atoms with van der Waals surface area (Å²) in [5, 5.41) is 3.96. The van der Waals surface area contributed by atoms with Gasteiger partial charge >= 0.3 is 0 Å². The van der Waals surface area contributed by atoms with Crippen LogP contribution in [-0.2, 0) is 17.6 Å². The van der Waals surface area contributed by atoms with E-state index in [9.17, 15) is 4.79 Å². The Balaban J connectivity index is 1.43. The molecule has 0 aliphatic heterocycles. The molecule has 1 aromatic heterocycles. The number of nitrogens with one attached hydrogen (secondary N) is 1. The second-order valence-corrected chi connectivity index (χ2v) is 6.57. The maximum absolute atomic E-state index is 12.1. The first kappa shape index (κ1) is 15.8. The van der Waals surface area contributed by atoms with Crippen molar-refractivity contribution in [2.75, 3.05) is 11.9 Å². The van der Waals surface area contributed by atoms with Gasteiger partial charge in [0.15, 0.2) is 6.61 Å². The molecule has 1 amide bonds. The van der Waals surface area contributed by atoms with Gasteiger partial charge in [-0.1, -0.05) is 17.7 Å². The molecule has 4 rings (SSSR count). The van der Waals surface area contributed by atoms with Crippen LogP contribution in [0.1, 0.15) is 29.7 Å². The summed E-state index contributed by atoms with van der Waals surface area (Å²) in [4.78, 5) is 12.1. The second kappa shape index (κ2) is 6.63. The highest BCUT2D eigenvalue weighted by molar-refractivity contribution is 5.92. The van der Waals surface area contributed by atoms with E-state index in [0.717, 1.165) is 40.8 Å². The number of carbonyl (C=O) groups excluding carboxylic acids is 1. The van der Waals surface area contributed by atoms with Gasteiger partial charge in [0, 0.05) is 23.1 Å². The van der Waals surface area contributed by atoms with E-state index in [1.807, 2.05) is 49.4 Å². The van der Waals surface area contributed by atoms with E-state index in [0.29, 0.717) is 5.75 Å². The Morgan fingerprint density at radius 3 is 2.76 bits per heavy atom. The van der Waals surface area contributed by atoms with Crippen molar-refractivity contribution in [3.63, 3.8) is 0 Å². The van der Waals surface area contributed by atoms with E-state index in [2.05, 4.69) is 5.32 Å². The minimum Gasteiger partial charge on any atom is -0.484 e. The molecular formula is C21H21NO3. The summed E-state index contributed by atoms with van der Waals surface area (Å²) in [6.45, 7) is 2.00. The number of ether oxygens (including phenoxy) is 1. The van der Waals surface area contributed by atoms with Crippen LogP contribution < -0.4 is 10.1 Å². The number of carbonyl (C=O) groups is 1. The Morgan fingerprint density at radius 1 is 1.12 bits per heavy atom. The number of anilines is 1. The van der Waals surface area contributed by atoms with Crippen LogP contribution in [0.25, 0.3) is 11.0 Å². The third-order valence-corrected chi connectivity index (χ3v) is 4.63. The first-order valence-electron chi connectivity index (χ1n) is 8.73. The summed E-state index contributed by atoms with van der Waals surface area (Å²) in [6.07, 6.45) is 4.46. The Kier molecular flexibility index (Phi) is 4.18. The lowest BCUT2D eigenvalue weighted by Gasteiger charge is -2.09. The number of hydrogen-bond donors (Lipinski definition) is 1. The Labute approximate surface area is 146 Å². The molecule has 0 fully saturated rings. The molecule has 0 spiro atoms. The minimum atomic E-state index is -0.168. The molecule has 4 nitrogen and oxygen atoms in total. The number of rotatable bonds is 4. The molecule has 0 saturated carbocycles. The zero-order valence-electron chi connectivity index (χ0n) is 14.3. The molecule has 1 heterocycles. The molecule has 0 atom stereocenters. The fraction of sp³-hybridized carbons (Fsp3) is 0.286. The topological polar surface area (TPSA) is 51.5 Å². The van der Waals surface area contributed by atoms with Gasteiger partial charge in [-0.25, -0.2) is 0 Å². The van der Waals surface area contributed by atoms with Gasteiger partial charge in [0.25, 0.3) is 5.91 Å². The van der Waals surface area contributed by atoms with Crippen LogP contribution in [0.2, 0.25) is 0 Å². The second-order valence-electron chi connectivity index (χ2n) is 6.57. The fourth-order valence-corrected chi connectivity index (χ4v) is 3.31.